The standard InChI is InChI=1S/C16H30N4O5S/c1-5-9(2)13(17)16(25)19-10(3)14(23)20-11(6-7-26-4)15(24)18-8-12(21)22/h9-11,13H,5-8,17H2,1-4H3,(H,18,24)(H,19,25)(H,20,23)(H,21,22). The lowest BCUT2D eigenvalue weighted by atomic mass is 9.99. The number of hydrogen-bond donors (Lipinski definition) is 5. The summed E-state index contributed by atoms with van der Waals surface area (Å²) >= 11 is 1.49. The van der Waals surface area contributed by atoms with Crippen LogP contribution >= 0.6 is 11.8 Å². The van der Waals surface area contributed by atoms with E-state index in [9.17, 15) is 19.2 Å². The smallest absolute Gasteiger partial charge is 0.322 e. The molecule has 0 fully saturated rings. The van der Waals surface area contributed by atoms with Crippen LogP contribution < -0.4 is 21.7 Å². The number of amides is 3. The van der Waals surface area contributed by atoms with Crippen molar-refractivity contribution in [3.63, 3.8) is 0 Å². The summed E-state index contributed by atoms with van der Waals surface area (Å²) in [6.45, 7) is 4.73. The molecule has 0 saturated carbocycles. The van der Waals surface area contributed by atoms with Crippen molar-refractivity contribution >= 4 is 35.5 Å². The van der Waals surface area contributed by atoms with Gasteiger partial charge >= 0.3 is 5.97 Å². The molecular weight excluding hydrogens is 360 g/mol. The fraction of sp³-hybridized carbons (Fsp3) is 0.750. The summed E-state index contributed by atoms with van der Waals surface area (Å²) in [5.74, 6) is -2.14. The highest BCUT2D eigenvalue weighted by molar-refractivity contribution is 7.98. The molecule has 0 aliphatic rings. The van der Waals surface area contributed by atoms with Crippen LogP contribution in [0.1, 0.15) is 33.6 Å². The van der Waals surface area contributed by atoms with Crippen molar-refractivity contribution in [2.24, 2.45) is 11.7 Å². The second-order valence-corrected chi connectivity index (χ2v) is 7.08. The van der Waals surface area contributed by atoms with Crippen LogP contribution in [0.3, 0.4) is 0 Å². The molecule has 0 bridgehead atoms. The number of nitrogens with one attached hydrogen (secondary N) is 3. The van der Waals surface area contributed by atoms with Gasteiger partial charge in [0.15, 0.2) is 0 Å². The molecule has 0 saturated heterocycles. The summed E-state index contributed by atoms with van der Waals surface area (Å²) in [7, 11) is 0. The first-order valence-electron chi connectivity index (χ1n) is 8.48. The van der Waals surface area contributed by atoms with Gasteiger partial charge in [0.2, 0.25) is 17.7 Å². The lowest BCUT2D eigenvalue weighted by Crippen LogP contribution is -2.55. The summed E-state index contributed by atoms with van der Waals surface area (Å²) in [5, 5.41) is 16.0. The Labute approximate surface area is 158 Å². The van der Waals surface area contributed by atoms with Crippen molar-refractivity contribution in [1.29, 1.82) is 0 Å². The predicted octanol–water partition coefficient (Wildman–Crippen LogP) is -0.697. The molecule has 9 nitrogen and oxygen atoms in total. The maximum atomic E-state index is 12.3. The minimum Gasteiger partial charge on any atom is -0.480 e. The predicted molar refractivity (Wildman–Crippen MR) is 101 cm³/mol. The molecule has 3 amide bonds. The van der Waals surface area contributed by atoms with Gasteiger partial charge in [0.25, 0.3) is 0 Å². The van der Waals surface area contributed by atoms with Gasteiger partial charge in [-0.15, -0.1) is 0 Å². The number of nitrogens with two attached hydrogens (primary N) is 1. The molecule has 0 aromatic carbocycles. The second kappa shape index (κ2) is 12.5. The van der Waals surface area contributed by atoms with E-state index in [1.54, 1.807) is 0 Å². The summed E-state index contributed by atoms with van der Waals surface area (Å²) in [4.78, 5) is 47.0. The van der Waals surface area contributed by atoms with Crippen LogP contribution in [0.25, 0.3) is 0 Å². The van der Waals surface area contributed by atoms with Crippen LogP contribution in [0.15, 0.2) is 0 Å². The van der Waals surface area contributed by atoms with Gasteiger partial charge in [-0.3, -0.25) is 19.2 Å². The highest BCUT2D eigenvalue weighted by atomic mass is 32.2. The van der Waals surface area contributed by atoms with Crippen LogP contribution in [-0.4, -0.2) is 65.5 Å². The molecule has 4 atom stereocenters. The zero-order valence-electron chi connectivity index (χ0n) is 15.7. The second-order valence-electron chi connectivity index (χ2n) is 6.10. The van der Waals surface area contributed by atoms with Gasteiger partial charge in [0, 0.05) is 0 Å². The highest BCUT2D eigenvalue weighted by Gasteiger charge is 2.26. The van der Waals surface area contributed by atoms with E-state index < -0.39 is 48.4 Å². The van der Waals surface area contributed by atoms with Crippen molar-refractivity contribution in [2.75, 3.05) is 18.6 Å². The van der Waals surface area contributed by atoms with Gasteiger partial charge in [-0.1, -0.05) is 20.3 Å². The fourth-order valence-corrected chi connectivity index (χ4v) is 2.45. The van der Waals surface area contributed by atoms with Gasteiger partial charge < -0.3 is 26.8 Å². The molecule has 0 aliphatic carbocycles. The summed E-state index contributed by atoms with van der Waals surface area (Å²) < 4.78 is 0. The number of carboxylic acid groups (broad SMARTS) is 1. The first-order chi connectivity index (χ1) is 12.1. The number of hydrogen-bond acceptors (Lipinski definition) is 6. The van der Waals surface area contributed by atoms with E-state index in [0.717, 1.165) is 6.42 Å². The number of carboxylic acids is 1. The molecule has 0 heterocycles. The van der Waals surface area contributed by atoms with Crippen LogP contribution in [-0.2, 0) is 19.2 Å². The van der Waals surface area contributed by atoms with Crippen LogP contribution in [0.5, 0.6) is 0 Å². The summed E-state index contributed by atoms with van der Waals surface area (Å²) in [6.07, 6.45) is 2.92. The Morgan fingerprint density at radius 3 is 2.19 bits per heavy atom. The van der Waals surface area contributed by atoms with Gasteiger partial charge in [0.05, 0.1) is 6.04 Å². The number of aliphatic carboxylic acids is 1. The number of thioether (sulfide) groups is 1. The van der Waals surface area contributed by atoms with Gasteiger partial charge in [-0.05, 0) is 31.3 Å². The van der Waals surface area contributed by atoms with E-state index >= 15 is 0 Å². The Morgan fingerprint density at radius 2 is 1.69 bits per heavy atom. The number of rotatable bonds is 12. The first-order valence-corrected chi connectivity index (χ1v) is 9.88. The SMILES string of the molecule is CCC(C)C(N)C(=O)NC(C)C(=O)NC(CCSC)C(=O)NCC(=O)O. The number of carbonyl (C=O) groups is 4. The average Bonchev–Trinajstić information content (AvgIpc) is 2.61. The molecule has 0 rings (SSSR count). The van der Waals surface area contributed by atoms with Crippen molar-refractivity contribution < 1.29 is 24.3 Å². The van der Waals surface area contributed by atoms with Gasteiger partial charge in [0.1, 0.15) is 18.6 Å². The lowest BCUT2D eigenvalue weighted by molar-refractivity contribution is -0.138. The molecule has 0 aromatic heterocycles. The molecule has 0 radical (unpaired) electrons. The van der Waals surface area contributed by atoms with Crippen molar-refractivity contribution in [2.45, 2.75) is 51.7 Å². The van der Waals surface area contributed by atoms with Crippen molar-refractivity contribution in [1.82, 2.24) is 16.0 Å². The average molecular weight is 391 g/mol. The lowest BCUT2D eigenvalue weighted by Gasteiger charge is -2.23. The molecule has 0 spiro atoms. The van der Waals surface area contributed by atoms with E-state index in [4.69, 9.17) is 10.8 Å². The van der Waals surface area contributed by atoms with E-state index in [-0.39, 0.29) is 5.92 Å². The number of carbonyl (C=O) groups excluding carboxylic acids is 3. The topological polar surface area (TPSA) is 151 Å². The Bertz CT molecular complexity index is 503. The third-order valence-electron chi connectivity index (χ3n) is 3.97. The summed E-state index contributed by atoms with van der Waals surface area (Å²) in [5.41, 5.74) is 5.84. The first kappa shape index (κ1) is 24.2. The van der Waals surface area contributed by atoms with Gasteiger partial charge in [-0.2, -0.15) is 11.8 Å². The minimum absolute atomic E-state index is 0.0265. The van der Waals surface area contributed by atoms with E-state index in [1.165, 1.54) is 18.7 Å². The fourth-order valence-electron chi connectivity index (χ4n) is 1.97. The maximum absolute atomic E-state index is 12.3. The Hall–Kier alpha value is -1.81. The van der Waals surface area contributed by atoms with Crippen LogP contribution in [0.2, 0.25) is 0 Å². The van der Waals surface area contributed by atoms with E-state index in [2.05, 4.69) is 16.0 Å². The van der Waals surface area contributed by atoms with E-state index in [0.29, 0.717) is 12.2 Å². The zero-order chi connectivity index (χ0) is 20.3. The summed E-state index contributed by atoms with van der Waals surface area (Å²) in [6, 6.07) is -2.47. The monoisotopic (exact) mass is 390 g/mol. The maximum Gasteiger partial charge on any atom is 0.322 e. The minimum atomic E-state index is -1.17. The van der Waals surface area contributed by atoms with Crippen LogP contribution in [0, 0.1) is 5.92 Å². The third-order valence-corrected chi connectivity index (χ3v) is 4.61. The zero-order valence-corrected chi connectivity index (χ0v) is 16.5. The Kier molecular flexibility index (Phi) is 11.7. The third kappa shape index (κ3) is 9.04. The molecule has 10 heteroatoms. The molecule has 4 unspecified atom stereocenters. The molecule has 26 heavy (non-hydrogen) atoms. The normalized spacial score (nSPS) is 15.3. The highest BCUT2D eigenvalue weighted by Crippen LogP contribution is 2.06. The Morgan fingerprint density at radius 1 is 1.08 bits per heavy atom. The van der Waals surface area contributed by atoms with Crippen molar-refractivity contribution in [3.05, 3.63) is 0 Å². The van der Waals surface area contributed by atoms with E-state index in [1.807, 2.05) is 20.1 Å². The molecular formula is C16H30N4O5S. The quantitative estimate of drug-likeness (QED) is 0.296. The van der Waals surface area contributed by atoms with Crippen LogP contribution in [0.4, 0.5) is 0 Å². The molecule has 0 aromatic rings. The molecule has 150 valence electrons. The molecule has 0 aliphatic heterocycles. The Balaban J connectivity index is 4.77. The molecule has 6 N–H and O–H groups in total. The van der Waals surface area contributed by atoms with Gasteiger partial charge in [-0.25, -0.2) is 0 Å². The van der Waals surface area contributed by atoms with Crippen molar-refractivity contribution in [3.8, 4) is 0 Å². The largest absolute Gasteiger partial charge is 0.480 e.